The van der Waals surface area contributed by atoms with Crippen LogP contribution in [0.5, 0.6) is 5.75 Å². The van der Waals surface area contributed by atoms with Crippen molar-refractivity contribution in [2.45, 2.75) is 31.6 Å². The summed E-state index contributed by atoms with van der Waals surface area (Å²) < 4.78 is 5.56. The van der Waals surface area contributed by atoms with E-state index in [1.165, 1.54) is 31.4 Å². The van der Waals surface area contributed by atoms with Crippen LogP contribution in [0.4, 0.5) is 0 Å². The Balaban J connectivity index is 2.14. The van der Waals surface area contributed by atoms with Crippen LogP contribution in [0, 0.1) is 0 Å². The van der Waals surface area contributed by atoms with E-state index in [4.69, 9.17) is 4.74 Å². The number of likely N-dealkylation sites (N-methyl/N-ethyl adjacent to an activating group) is 1. The van der Waals surface area contributed by atoms with Crippen molar-refractivity contribution in [1.29, 1.82) is 0 Å². The second-order valence-electron chi connectivity index (χ2n) is 5.42. The maximum Gasteiger partial charge on any atom is 0.122 e. The molecule has 0 saturated heterocycles. The first-order valence-corrected chi connectivity index (χ1v) is 6.67. The zero-order chi connectivity index (χ0) is 11.8. The summed E-state index contributed by atoms with van der Waals surface area (Å²) in [4.78, 5) is 2.47. The van der Waals surface area contributed by atoms with E-state index in [1.807, 2.05) is 0 Å². The topological polar surface area (TPSA) is 12.5 Å². The molecule has 0 bridgehead atoms. The van der Waals surface area contributed by atoms with Crippen molar-refractivity contribution in [2.75, 3.05) is 27.2 Å². The predicted octanol–water partition coefficient (Wildman–Crippen LogP) is 2.60. The number of hydrogen-bond donors (Lipinski definition) is 0. The molecular formula is C15H21NO. The summed E-state index contributed by atoms with van der Waals surface area (Å²) in [5.74, 6) is 1.84. The minimum atomic E-state index is 0.733. The lowest BCUT2D eigenvalue weighted by molar-refractivity contribution is 0.313. The second kappa shape index (κ2) is 4.34. The highest BCUT2D eigenvalue weighted by atomic mass is 16.5. The molecule has 1 aliphatic heterocycles. The standard InChI is InChI=1S/C15H21NO/c1-16-9-8-13-14(17-2)7-6-11-4-3-5-12(10-16)15(11)13/h6-7,12H,3-5,8-10H2,1-2H3/t12-/m0/s1. The van der Waals surface area contributed by atoms with Crippen LogP contribution in [0.25, 0.3) is 0 Å². The fourth-order valence-corrected chi connectivity index (χ4v) is 3.50. The maximum atomic E-state index is 5.56. The van der Waals surface area contributed by atoms with Gasteiger partial charge < -0.3 is 9.64 Å². The van der Waals surface area contributed by atoms with Gasteiger partial charge in [0.05, 0.1) is 7.11 Å². The highest BCUT2D eigenvalue weighted by molar-refractivity contribution is 5.49. The van der Waals surface area contributed by atoms with Gasteiger partial charge in [0.25, 0.3) is 0 Å². The fourth-order valence-electron chi connectivity index (χ4n) is 3.50. The lowest BCUT2D eigenvalue weighted by atomic mass is 9.80. The van der Waals surface area contributed by atoms with Crippen LogP contribution in [-0.4, -0.2) is 32.1 Å². The Morgan fingerprint density at radius 3 is 3.00 bits per heavy atom. The van der Waals surface area contributed by atoms with E-state index < -0.39 is 0 Å². The monoisotopic (exact) mass is 231 g/mol. The number of benzene rings is 1. The molecule has 92 valence electrons. The Morgan fingerprint density at radius 2 is 2.18 bits per heavy atom. The van der Waals surface area contributed by atoms with E-state index in [-0.39, 0.29) is 0 Å². The number of rotatable bonds is 1. The summed E-state index contributed by atoms with van der Waals surface area (Å²) in [6, 6.07) is 4.46. The van der Waals surface area contributed by atoms with Crippen molar-refractivity contribution in [3.05, 3.63) is 28.8 Å². The zero-order valence-corrected chi connectivity index (χ0v) is 10.8. The Labute approximate surface area is 104 Å². The number of ether oxygens (including phenoxy) is 1. The van der Waals surface area contributed by atoms with Crippen molar-refractivity contribution < 1.29 is 4.74 Å². The third-order valence-electron chi connectivity index (χ3n) is 4.31. The number of hydrogen-bond acceptors (Lipinski definition) is 2. The van der Waals surface area contributed by atoms with Gasteiger partial charge in [0.15, 0.2) is 0 Å². The van der Waals surface area contributed by atoms with Gasteiger partial charge in [0.1, 0.15) is 5.75 Å². The SMILES string of the molecule is COc1ccc2c3c1CCN(C)C[C@@H]3CCC2. The highest BCUT2D eigenvalue weighted by Crippen LogP contribution is 2.40. The van der Waals surface area contributed by atoms with E-state index in [9.17, 15) is 0 Å². The van der Waals surface area contributed by atoms with Gasteiger partial charge in [0, 0.05) is 13.1 Å². The highest BCUT2D eigenvalue weighted by Gasteiger charge is 2.28. The molecule has 0 N–H and O–H groups in total. The molecule has 1 aromatic carbocycles. The average molecular weight is 231 g/mol. The molecule has 0 unspecified atom stereocenters. The minimum absolute atomic E-state index is 0.733. The predicted molar refractivity (Wildman–Crippen MR) is 69.9 cm³/mol. The Kier molecular flexibility index (Phi) is 2.83. The van der Waals surface area contributed by atoms with Gasteiger partial charge in [-0.1, -0.05) is 6.07 Å². The Bertz CT molecular complexity index is 427. The van der Waals surface area contributed by atoms with Gasteiger partial charge in [-0.3, -0.25) is 0 Å². The molecule has 1 aromatic rings. The Hall–Kier alpha value is -1.02. The van der Waals surface area contributed by atoms with Gasteiger partial charge in [-0.05, 0) is 61.4 Å². The summed E-state index contributed by atoms with van der Waals surface area (Å²) in [6.45, 7) is 2.37. The van der Waals surface area contributed by atoms with Crippen molar-refractivity contribution in [3.63, 3.8) is 0 Å². The van der Waals surface area contributed by atoms with Gasteiger partial charge in [-0.25, -0.2) is 0 Å². The zero-order valence-electron chi connectivity index (χ0n) is 10.8. The first-order valence-electron chi connectivity index (χ1n) is 6.67. The van der Waals surface area contributed by atoms with Crippen molar-refractivity contribution in [3.8, 4) is 5.75 Å². The van der Waals surface area contributed by atoms with Gasteiger partial charge in [-0.2, -0.15) is 0 Å². The molecule has 3 rings (SSSR count). The third-order valence-corrected chi connectivity index (χ3v) is 4.31. The number of nitrogens with zero attached hydrogens (tertiary/aromatic N) is 1. The molecule has 0 saturated carbocycles. The summed E-state index contributed by atoms with van der Waals surface area (Å²) in [6.07, 6.45) is 5.08. The van der Waals surface area contributed by atoms with Crippen LogP contribution in [0.3, 0.4) is 0 Å². The molecule has 0 radical (unpaired) electrons. The van der Waals surface area contributed by atoms with Gasteiger partial charge in [0.2, 0.25) is 0 Å². The number of aryl methyl sites for hydroxylation is 1. The summed E-state index contributed by atoms with van der Waals surface area (Å²) in [7, 11) is 4.04. The lowest BCUT2D eigenvalue weighted by Crippen LogP contribution is -2.25. The van der Waals surface area contributed by atoms with E-state index in [2.05, 4.69) is 24.1 Å². The fraction of sp³-hybridized carbons (Fsp3) is 0.600. The molecule has 1 aliphatic carbocycles. The second-order valence-corrected chi connectivity index (χ2v) is 5.42. The molecule has 0 amide bonds. The van der Waals surface area contributed by atoms with Crippen LogP contribution >= 0.6 is 0 Å². The molecule has 2 aliphatic rings. The maximum absolute atomic E-state index is 5.56. The minimum Gasteiger partial charge on any atom is -0.496 e. The van der Waals surface area contributed by atoms with E-state index >= 15 is 0 Å². The van der Waals surface area contributed by atoms with E-state index in [0.717, 1.165) is 24.6 Å². The third kappa shape index (κ3) is 1.85. The molecule has 2 nitrogen and oxygen atoms in total. The molecule has 0 aromatic heterocycles. The average Bonchev–Trinajstić information content (AvgIpc) is 2.51. The quantitative estimate of drug-likeness (QED) is 0.736. The van der Waals surface area contributed by atoms with Crippen LogP contribution in [0.1, 0.15) is 35.4 Å². The summed E-state index contributed by atoms with van der Waals surface area (Å²) in [5.41, 5.74) is 4.69. The molecule has 2 heteroatoms. The number of methoxy groups -OCH3 is 1. The molecule has 0 spiro atoms. The van der Waals surface area contributed by atoms with E-state index in [0.29, 0.717) is 0 Å². The molecule has 1 heterocycles. The normalized spacial score (nSPS) is 24.0. The summed E-state index contributed by atoms with van der Waals surface area (Å²) >= 11 is 0. The lowest BCUT2D eigenvalue weighted by Gasteiger charge is -2.28. The van der Waals surface area contributed by atoms with Crippen LogP contribution in [0.2, 0.25) is 0 Å². The van der Waals surface area contributed by atoms with Gasteiger partial charge >= 0.3 is 0 Å². The van der Waals surface area contributed by atoms with Crippen LogP contribution < -0.4 is 4.74 Å². The largest absolute Gasteiger partial charge is 0.496 e. The molecular weight excluding hydrogens is 210 g/mol. The summed E-state index contributed by atoms with van der Waals surface area (Å²) in [5, 5.41) is 0. The van der Waals surface area contributed by atoms with E-state index in [1.54, 1.807) is 18.2 Å². The van der Waals surface area contributed by atoms with Crippen molar-refractivity contribution >= 4 is 0 Å². The molecule has 1 atom stereocenters. The van der Waals surface area contributed by atoms with Crippen LogP contribution in [-0.2, 0) is 12.8 Å². The Morgan fingerprint density at radius 1 is 1.29 bits per heavy atom. The first-order chi connectivity index (χ1) is 8.29. The van der Waals surface area contributed by atoms with Crippen molar-refractivity contribution in [1.82, 2.24) is 4.90 Å². The molecule has 0 fully saturated rings. The van der Waals surface area contributed by atoms with Crippen LogP contribution in [0.15, 0.2) is 12.1 Å². The van der Waals surface area contributed by atoms with Gasteiger partial charge in [-0.15, -0.1) is 0 Å². The first kappa shape index (κ1) is 11.1. The van der Waals surface area contributed by atoms with Crippen molar-refractivity contribution in [2.24, 2.45) is 0 Å². The smallest absolute Gasteiger partial charge is 0.122 e. The molecule has 17 heavy (non-hydrogen) atoms.